The number of hydrazone groups is 1. The maximum Gasteiger partial charge on any atom is 0.335 e. The molecule has 0 radical (unpaired) electrons. The van der Waals surface area contributed by atoms with E-state index < -0.39 is 22.5 Å². The number of nitro groups is 1. The molecule has 0 unspecified atom stereocenters. The van der Waals surface area contributed by atoms with Crippen molar-refractivity contribution in [2.75, 3.05) is 11.6 Å². The molecule has 10 nitrogen and oxygen atoms in total. The normalized spacial score (nSPS) is 14.7. The van der Waals surface area contributed by atoms with Crippen LogP contribution in [0.4, 0.5) is 11.4 Å². The summed E-state index contributed by atoms with van der Waals surface area (Å²) in [6, 6.07) is 8.24. The lowest BCUT2D eigenvalue weighted by molar-refractivity contribution is -0.386. The molecule has 3 rings (SSSR count). The van der Waals surface area contributed by atoms with Gasteiger partial charge in [0.2, 0.25) is 5.75 Å². The summed E-state index contributed by atoms with van der Waals surface area (Å²) in [6.07, 6.45) is 1.29. The number of anilines is 1. The number of benzene rings is 2. The number of amides is 1. The van der Waals surface area contributed by atoms with E-state index in [1.54, 1.807) is 13.8 Å². The summed E-state index contributed by atoms with van der Waals surface area (Å²) in [7, 11) is 0. The molecule has 0 atom stereocenters. The smallest absolute Gasteiger partial charge is 0.335 e. The molecule has 0 aliphatic carbocycles. The Balaban J connectivity index is 2.06. The second kappa shape index (κ2) is 8.03. The van der Waals surface area contributed by atoms with Gasteiger partial charge in [0, 0.05) is 0 Å². The van der Waals surface area contributed by atoms with E-state index in [1.165, 1.54) is 42.5 Å². The van der Waals surface area contributed by atoms with Crippen molar-refractivity contribution in [3.8, 4) is 11.5 Å². The average Bonchev–Trinajstić information content (AvgIpc) is 2.98. The highest BCUT2D eigenvalue weighted by Crippen LogP contribution is 2.40. The van der Waals surface area contributed by atoms with Crippen molar-refractivity contribution in [1.82, 2.24) is 0 Å². The maximum atomic E-state index is 12.9. The van der Waals surface area contributed by atoms with Gasteiger partial charge in [0.15, 0.2) is 5.75 Å². The van der Waals surface area contributed by atoms with Crippen LogP contribution in [-0.4, -0.2) is 39.3 Å². The topological polar surface area (TPSA) is 143 Å². The van der Waals surface area contributed by atoms with Crippen LogP contribution in [0, 0.1) is 10.1 Å². The zero-order valence-electron chi connectivity index (χ0n) is 16.0. The number of phenolic OH excluding ortho intramolecular Hbond substituents is 1. The first-order chi connectivity index (χ1) is 14.2. The molecule has 0 fully saturated rings. The average molecular weight is 411 g/mol. The van der Waals surface area contributed by atoms with Crippen LogP contribution in [-0.2, 0) is 4.79 Å². The molecule has 154 valence electrons. The van der Waals surface area contributed by atoms with Crippen LogP contribution in [0.15, 0.2) is 47.1 Å². The highest BCUT2D eigenvalue weighted by Gasteiger charge is 2.31. The highest BCUT2D eigenvalue weighted by molar-refractivity contribution is 6.32. The van der Waals surface area contributed by atoms with Crippen molar-refractivity contribution in [3.63, 3.8) is 0 Å². The lowest BCUT2D eigenvalue weighted by atomic mass is 10.0. The van der Waals surface area contributed by atoms with E-state index in [-0.39, 0.29) is 40.5 Å². The van der Waals surface area contributed by atoms with E-state index in [9.17, 15) is 24.8 Å². The molecule has 0 aromatic heterocycles. The number of carboxylic acids is 1. The fraction of sp³-hybridized carbons (Fsp3) is 0.150. The molecule has 10 heteroatoms. The minimum Gasteiger partial charge on any atom is -0.504 e. The number of carboxylic acid groups (broad SMARTS) is 1. The van der Waals surface area contributed by atoms with Crippen LogP contribution < -0.4 is 9.75 Å². The predicted octanol–water partition coefficient (Wildman–Crippen LogP) is 3.20. The quantitative estimate of drug-likeness (QED) is 0.422. The fourth-order valence-electron chi connectivity index (χ4n) is 2.95. The number of nitro benzene ring substituents is 1. The van der Waals surface area contributed by atoms with Gasteiger partial charge in [-0.05, 0) is 50.3 Å². The molecule has 0 spiro atoms. The Bertz CT molecular complexity index is 1120. The predicted molar refractivity (Wildman–Crippen MR) is 108 cm³/mol. The Kier molecular flexibility index (Phi) is 5.50. The van der Waals surface area contributed by atoms with Gasteiger partial charge >= 0.3 is 11.7 Å². The Morgan fingerprint density at radius 2 is 2.07 bits per heavy atom. The standard InChI is InChI=1S/C20H17N3O7/c1-3-30-18-16(24)8-7-12(17(18)23(28)29)10-15-11(2)21-22(19(15)25)14-6-4-5-13(9-14)20(26)27/h4-10,24H,3H2,1-2H3,(H,26,27)/b15-10+. The first-order valence-corrected chi connectivity index (χ1v) is 8.82. The van der Waals surface area contributed by atoms with E-state index in [4.69, 9.17) is 9.84 Å². The third-order valence-electron chi connectivity index (χ3n) is 4.31. The Morgan fingerprint density at radius 1 is 1.33 bits per heavy atom. The van der Waals surface area contributed by atoms with Gasteiger partial charge in [-0.3, -0.25) is 14.9 Å². The Morgan fingerprint density at radius 3 is 2.70 bits per heavy atom. The summed E-state index contributed by atoms with van der Waals surface area (Å²) in [6.45, 7) is 3.27. The lowest BCUT2D eigenvalue weighted by Crippen LogP contribution is -2.21. The maximum absolute atomic E-state index is 12.9. The number of ether oxygens (including phenoxy) is 1. The molecule has 0 saturated heterocycles. The number of rotatable bonds is 6. The number of carbonyl (C=O) groups is 2. The molecule has 30 heavy (non-hydrogen) atoms. The van der Waals surface area contributed by atoms with Crippen molar-refractivity contribution in [2.45, 2.75) is 13.8 Å². The van der Waals surface area contributed by atoms with Crippen LogP contribution in [0.1, 0.15) is 29.8 Å². The third-order valence-corrected chi connectivity index (χ3v) is 4.31. The van der Waals surface area contributed by atoms with E-state index in [1.807, 2.05) is 0 Å². The van der Waals surface area contributed by atoms with Gasteiger partial charge in [-0.1, -0.05) is 6.07 Å². The first kappa shape index (κ1) is 20.5. The number of aromatic hydroxyl groups is 1. The monoisotopic (exact) mass is 411 g/mol. The largest absolute Gasteiger partial charge is 0.504 e. The summed E-state index contributed by atoms with van der Waals surface area (Å²) in [5.74, 6) is -2.40. The van der Waals surface area contributed by atoms with E-state index in [2.05, 4.69) is 5.10 Å². The number of hydrogen-bond donors (Lipinski definition) is 2. The molecule has 2 aromatic carbocycles. The van der Waals surface area contributed by atoms with Crippen LogP contribution in [0.25, 0.3) is 6.08 Å². The van der Waals surface area contributed by atoms with E-state index in [0.717, 1.165) is 5.01 Å². The molecule has 1 amide bonds. The number of phenols is 1. The van der Waals surface area contributed by atoms with Crippen molar-refractivity contribution >= 4 is 35.0 Å². The zero-order chi connectivity index (χ0) is 22.0. The minimum absolute atomic E-state index is 0.0129. The second-order valence-corrected chi connectivity index (χ2v) is 6.26. The Hall–Kier alpha value is -4.21. The summed E-state index contributed by atoms with van der Waals surface area (Å²) in [5, 5.41) is 35.9. The number of carbonyl (C=O) groups excluding carboxylic acids is 1. The molecule has 1 heterocycles. The van der Waals surface area contributed by atoms with Crippen molar-refractivity contribution < 1.29 is 29.5 Å². The third kappa shape index (κ3) is 3.70. The summed E-state index contributed by atoms with van der Waals surface area (Å²) in [5.41, 5.74) is 0.198. The SMILES string of the molecule is CCOc1c(O)ccc(/C=C2/C(=O)N(c3cccc(C(=O)O)c3)N=C2C)c1[N+](=O)[O-]. The number of hydrogen-bond acceptors (Lipinski definition) is 7. The van der Waals surface area contributed by atoms with Crippen molar-refractivity contribution in [3.05, 3.63) is 63.2 Å². The minimum atomic E-state index is -1.15. The highest BCUT2D eigenvalue weighted by atomic mass is 16.6. The molecule has 0 bridgehead atoms. The first-order valence-electron chi connectivity index (χ1n) is 8.82. The molecule has 1 aliphatic heterocycles. The van der Waals surface area contributed by atoms with Gasteiger partial charge in [-0.2, -0.15) is 10.1 Å². The van der Waals surface area contributed by atoms with Gasteiger partial charge < -0.3 is 14.9 Å². The lowest BCUT2D eigenvalue weighted by Gasteiger charge is -2.12. The summed E-state index contributed by atoms with van der Waals surface area (Å²) < 4.78 is 5.21. The van der Waals surface area contributed by atoms with Crippen LogP contribution in [0.2, 0.25) is 0 Å². The summed E-state index contributed by atoms with van der Waals surface area (Å²) >= 11 is 0. The van der Waals surface area contributed by atoms with Crippen molar-refractivity contribution in [2.24, 2.45) is 5.10 Å². The Labute approximate surface area is 170 Å². The van der Waals surface area contributed by atoms with Gasteiger partial charge in [0.05, 0.1) is 39.6 Å². The molecule has 1 aliphatic rings. The molecular weight excluding hydrogens is 394 g/mol. The molecule has 2 N–H and O–H groups in total. The second-order valence-electron chi connectivity index (χ2n) is 6.26. The number of nitrogens with zero attached hydrogens (tertiary/aromatic N) is 3. The fourth-order valence-corrected chi connectivity index (χ4v) is 2.95. The van der Waals surface area contributed by atoms with Crippen LogP contribution in [0.3, 0.4) is 0 Å². The van der Waals surface area contributed by atoms with Crippen molar-refractivity contribution in [1.29, 1.82) is 0 Å². The van der Waals surface area contributed by atoms with E-state index in [0.29, 0.717) is 5.71 Å². The summed E-state index contributed by atoms with van der Waals surface area (Å²) in [4.78, 5) is 35.0. The van der Waals surface area contributed by atoms with E-state index >= 15 is 0 Å². The molecule has 2 aromatic rings. The molecule has 0 saturated carbocycles. The number of aromatic carboxylic acids is 1. The van der Waals surface area contributed by atoms with Crippen LogP contribution in [0.5, 0.6) is 11.5 Å². The van der Waals surface area contributed by atoms with Gasteiger partial charge in [-0.25, -0.2) is 4.79 Å². The zero-order valence-corrected chi connectivity index (χ0v) is 16.0. The molecular formula is C20H17N3O7. The van der Waals surface area contributed by atoms with Crippen LogP contribution >= 0.6 is 0 Å². The van der Waals surface area contributed by atoms with Gasteiger partial charge in [-0.15, -0.1) is 0 Å². The van der Waals surface area contributed by atoms with Gasteiger partial charge in [0.1, 0.15) is 0 Å². The van der Waals surface area contributed by atoms with Gasteiger partial charge in [0.25, 0.3) is 5.91 Å².